The summed E-state index contributed by atoms with van der Waals surface area (Å²) in [7, 11) is 0. The minimum Gasteiger partial charge on any atom is -0.477 e. The first kappa shape index (κ1) is 15.0. The molecular formula is C14H15N3O3S. The van der Waals surface area contributed by atoms with Crippen molar-refractivity contribution in [3.05, 3.63) is 46.4 Å². The van der Waals surface area contributed by atoms with E-state index in [0.717, 1.165) is 4.88 Å². The molecule has 6 nitrogen and oxygen atoms in total. The number of hydrogen-bond donors (Lipinski definition) is 2. The quantitative estimate of drug-likeness (QED) is 0.889. The number of urea groups is 1. The molecule has 0 bridgehead atoms. The molecule has 2 N–H and O–H groups in total. The van der Waals surface area contributed by atoms with Gasteiger partial charge in [0.2, 0.25) is 0 Å². The Hall–Kier alpha value is -2.41. The van der Waals surface area contributed by atoms with Gasteiger partial charge in [0.25, 0.3) is 0 Å². The maximum absolute atomic E-state index is 12.2. The summed E-state index contributed by atoms with van der Waals surface area (Å²) in [5, 5.41) is 13.4. The SMILES string of the molecule is CCN(Cc1cccs1)C(=O)Nc1ccc(C(=O)O)nc1. The zero-order valence-electron chi connectivity index (χ0n) is 11.4. The first-order valence-corrected chi connectivity index (χ1v) is 7.25. The highest BCUT2D eigenvalue weighted by Crippen LogP contribution is 2.13. The molecule has 0 saturated carbocycles. The summed E-state index contributed by atoms with van der Waals surface area (Å²) in [4.78, 5) is 29.4. The number of anilines is 1. The lowest BCUT2D eigenvalue weighted by atomic mass is 10.3. The lowest BCUT2D eigenvalue weighted by Crippen LogP contribution is -2.34. The molecule has 2 rings (SSSR count). The molecule has 0 unspecified atom stereocenters. The lowest BCUT2D eigenvalue weighted by Gasteiger charge is -2.20. The maximum atomic E-state index is 12.2. The van der Waals surface area contributed by atoms with Crippen molar-refractivity contribution in [2.75, 3.05) is 11.9 Å². The number of aromatic carboxylic acids is 1. The van der Waals surface area contributed by atoms with Crippen LogP contribution < -0.4 is 5.32 Å². The Balaban J connectivity index is 2.00. The molecule has 0 aromatic carbocycles. The highest BCUT2D eigenvalue weighted by atomic mass is 32.1. The van der Waals surface area contributed by atoms with Crippen molar-refractivity contribution >= 4 is 29.0 Å². The molecule has 0 aliphatic carbocycles. The van der Waals surface area contributed by atoms with E-state index in [2.05, 4.69) is 10.3 Å². The van der Waals surface area contributed by atoms with Gasteiger partial charge in [-0.05, 0) is 30.5 Å². The van der Waals surface area contributed by atoms with Gasteiger partial charge in [0.05, 0.1) is 18.4 Å². The third kappa shape index (κ3) is 4.03. The molecule has 7 heteroatoms. The number of hydrogen-bond acceptors (Lipinski definition) is 4. The number of nitrogens with zero attached hydrogens (tertiary/aromatic N) is 2. The number of aromatic nitrogens is 1. The number of rotatable bonds is 5. The molecule has 0 spiro atoms. The largest absolute Gasteiger partial charge is 0.477 e. The van der Waals surface area contributed by atoms with E-state index in [1.165, 1.54) is 18.3 Å². The van der Waals surface area contributed by atoms with E-state index >= 15 is 0 Å². The van der Waals surface area contributed by atoms with Crippen molar-refractivity contribution in [3.63, 3.8) is 0 Å². The minimum absolute atomic E-state index is 0.0565. The number of carbonyl (C=O) groups is 2. The monoisotopic (exact) mass is 305 g/mol. The van der Waals surface area contributed by atoms with Crippen LogP contribution in [-0.2, 0) is 6.54 Å². The molecule has 2 aromatic heterocycles. The standard InChI is InChI=1S/C14H15N3O3S/c1-2-17(9-11-4-3-7-21-11)14(20)16-10-5-6-12(13(18)19)15-8-10/h3-8H,2,9H2,1H3,(H,16,20)(H,18,19). The Labute approximate surface area is 126 Å². The van der Waals surface area contributed by atoms with Crippen LogP contribution in [0.15, 0.2) is 35.8 Å². The second kappa shape index (κ2) is 6.85. The molecular weight excluding hydrogens is 290 g/mol. The molecule has 21 heavy (non-hydrogen) atoms. The van der Waals surface area contributed by atoms with E-state index in [-0.39, 0.29) is 11.7 Å². The zero-order chi connectivity index (χ0) is 15.2. The fraction of sp³-hybridized carbons (Fsp3) is 0.214. The Morgan fingerprint density at radius 2 is 2.19 bits per heavy atom. The molecule has 2 heterocycles. The predicted molar refractivity (Wildman–Crippen MR) is 80.6 cm³/mol. The van der Waals surface area contributed by atoms with Gasteiger partial charge in [0, 0.05) is 11.4 Å². The number of thiophene rings is 1. The topological polar surface area (TPSA) is 82.5 Å². The molecule has 0 fully saturated rings. The smallest absolute Gasteiger partial charge is 0.354 e. The van der Waals surface area contributed by atoms with Crippen molar-refractivity contribution in [1.29, 1.82) is 0 Å². The third-order valence-corrected chi connectivity index (χ3v) is 3.69. The second-order valence-electron chi connectivity index (χ2n) is 4.26. The summed E-state index contributed by atoms with van der Waals surface area (Å²) < 4.78 is 0. The van der Waals surface area contributed by atoms with Gasteiger partial charge in [-0.2, -0.15) is 0 Å². The summed E-state index contributed by atoms with van der Waals surface area (Å²) in [6, 6.07) is 6.56. The van der Waals surface area contributed by atoms with Gasteiger partial charge in [0.1, 0.15) is 5.69 Å². The van der Waals surface area contributed by atoms with Crippen molar-refractivity contribution < 1.29 is 14.7 Å². The van der Waals surface area contributed by atoms with Gasteiger partial charge in [-0.3, -0.25) is 0 Å². The number of carbonyl (C=O) groups excluding carboxylic acids is 1. The molecule has 0 saturated heterocycles. The van der Waals surface area contributed by atoms with Crippen LogP contribution in [0.2, 0.25) is 0 Å². The maximum Gasteiger partial charge on any atom is 0.354 e. The van der Waals surface area contributed by atoms with Crippen LogP contribution >= 0.6 is 11.3 Å². The number of amides is 2. The molecule has 0 radical (unpaired) electrons. The van der Waals surface area contributed by atoms with Gasteiger partial charge in [-0.1, -0.05) is 6.07 Å². The number of carboxylic acids is 1. The van der Waals surface area contributed by atoms with Gasteiger partial charge in [-0.15, -0.1) is 11.3 Å². The summed E-state index contributed by atoms with van der Waals surface area (Å²) in [5.41, 5.74) is 0.411. The molecule has 0 aliphatic heterocycles. The van der Waals surface area contributed by atoms with Crippen LogP contribution in [-0.4, -0.2) is 33.5 Å². The fourth-order valence-electron chi connectivity index (χ4n) is 1.71. The van der Waals surface area contributed by atoms with Crippen molar-refractivity contribution in [3.8, 4) is 0 Å². The molecule has 2 amide bonds. The second-order valence-corrected chi connectivity index (χ2v) is 5.29. The van der Waals surface area contributed by atoms with Gasteiger partial charge >= 0.3 is 12.0 Å². The Kier molecular flexibility index (Phi) is 4.89. The van der Waals surface area contributed by atoms with Gasteiger partial charge in [-0.25, -0.2) is 14.6 Å². The number of pyridine rings is 1. The average Bonchev–Trinajstić information content (AvgIpc) is 2.98. The Morgan fingerprint density at radius 1 is 1.38 bits per heavy atom. The number of nitrogens with one attached hydrogen (secondary N) is 1. The highest BCUT2D eigenvalue weighted by molar-refractivity contribution is 7.09. The summed E-state index contributed by atoms with van der Waals surface area (Å²) in [5.74, 6) is -1.10. The first-order chi connectivity index (χ1) is 10.1. The normalized spacial score (nSPS) is 10.1. The highest BCUT2D eigenvalue weighted by Gasteiger charge is 2.13. The van der Waals surface area contributed by atoms with E-state index in [1.54, 1.807) is 16.2 Å². The van der Waals surface area contributed by atoms with Crippen LogP contribution in [0.3, 0.4) is 0 Å². The molecule has 110 valence electrons. The summed E-state index contributed by atoms with van der Waals surface area (Å²) >= 11 is 1.60. The van der Waals surface area contributed by atoms with Crippen molar-refractivity contribution in [2.45, 2.75) is 13.5 Å². The predicted octanol–water partition coefficient (Wildman–Crippen LogP) is 2.90. The van der Waals surface area contributed by atoms with Crippen LogP contribution in [0.1, 0.15) is 22.3 Å². The van der Waals surface area contributed by atoms with E-state index in [1.807, 2.05) is 24.4 Å². The fourth-order valence-corrected chi connectivity index (χ4v) is 2.43. The number of carboxylic acid groups (broad SMARTS) is 1. The van der Waals surface area contributed by atoms with E-state index in [4.69, 9.17) is 5.11 Å². The Morgan fingerprint density at radius 3 is 2.71 bits per heavy atom. The van der Waals surface area contributed by atoms with Crippen LogP contribution in [0.4, 0.5) is 10.5 Å². The van der Waals surface area contributed by atoms with Gasteiger partial charge in [0.15, 0.2) is 0 Å². The van der Waals surface area contributed by atoms with Crippen LogP contribution in [0, 0.1) is 0 Å². The summed E-state index contributed by atoms with van der Waals surface area (Å²) in [6.07, 6.45) is 1.33. The van der Waals surface area contributed by atoms with Crippen molar-refractivity contribution in [1.82, 2.24) is 9.88 Å². The minimum atomic E-state index is -1.10. The molecule has 0 atom stereocenters. The molecule has 0 aliphatic rings. The van der Waals surface area contributed by atoms with Crippen LogP contribution in [0.5, 0.6) is 0 Å². The lowest BCUT2D eigenvalue weighted by molar-refractivity contribution is 0.0690. The van der Waals surface area contributed by atoms with Crippen molar-refractivity contribution in [2.24, 2.45) is 0 Å². The molecule has 2 aromatic rings. The third-order valence-electron chi connectivity index (χ3n) is 2.83. The zero-order valence-corrected chi connectivity index (χ0v) is 12.3. The van der Waals surface area contributed by atoms with Crippen LogP contribution in [0.25, 0.3) is 0 Å². The first-order valence-electron chi connectivity index (χ1n) is 6.37. The average molecular weight is 305 g/mol. The van der Waals surface area contributed by atoms with E-state index < -0.39 is 5.97 Å². The summed E-state index contributed by atoms with van der Waals surface area (Å²) in [6.45, 7) is 3.02. The van der Waals surface area contributed by atoms with E-state index in [0.29, 0.717) is 18.8 Å². The van der Waals surface area contributed by atoms with E-state index in [9.17, 15) is 9.59 Å². The Bertz CT molecular complexity index is 611. The van der Waals surface area contributed by atoms with Gasteiger partial charge < -0.3 is 15.3 Å².